The average molecular weight is 436 g/mol. The van der Waals surface area contributed by atoms with E-state index in [1.807, 2.05) is 12.1 Å². The van der Waals surface area contributed by atoms with Gasteiger partial charge < -0.3 is 14.9 Å². The maximum Gasteiger partial charge on any atom is 0.260 e. The van der Waals surface area contributed by atoms with Gasteiger partial charge >= 0.3 is 0 Å². The van der Waals surface area contributed by atoms with Gasteiger partial charge in [-0.05, 0) is 48.0 Å². The zero-order valence-electron chi connectivity index (χ0n) is 17.8. The third-order valence-electron chi connectivity index (χ3n) is 5.55. The number of hydrogen-bond donors (Lipinski definition) is 1. The largest absolute Gasteiger partial charge is 0.395 e. The highest BCUT2D eigenvalue weighted by Crippen LogP contribution is 2.22. The van der Waals surface area contributed by atoms with Gasteiger partial charge in [0.2, 0.25) is 0 Å². The Morgan fingerprint density at radius 3 is 2.44 bits per heavy atom. The normalized spacial score (nSPS) is 14.4. The topological polar surface area (TPSA) is 72.8 Å². The molecule has 1 aromatic carbocycles. The number of piperazine rings is 1. The van der Waals surface area contributed by atoms with Gasteiger partial charge in [0, 0.05) is 57.0 Å². The number of carbonyl (C=O) groups is 1. The van der Waals surface area contributed by atoms with Crippen molar-refractivity contribution in [3.63, 3.8) is 0 Å². The third kappa shape index (κ3) is 5.27. The monoisotopic (exact) mass is 435 g/mol. The molecule has 0 radical (unpaired) electrons. The lowest BCUT2D eigenvalue weighted by molar-refractivity contribution is 0.0984. The zero-order chi connectivity index (χ0) is 22.3. The molecular weight excluding hydrogens is 409 g/mol. The summed E-state index contributed by atoms with van der Waals surface area (Å²) in [6.45, 7) is 4.67. The van der Waals surface area contributed by atoms with Crippen LogP contribution in [0.25, 0.3) is 0 Å². The van der Waals surface area contributed by atoms with E-state index in [2.05, 4.69) is 19.8 Å². The van der Waals surface area contributed by atoms with Crippen LogP contribution in [0.4, 0.5) is 15.9 Å². The summed E-state index contributed by atoms with van der Waals surface area (Å²) in [6.07, 6.45) is 4.92. The number of nitrogens with zero attached hydrogens (tertiary/aromatic N) is 5. The molecule has 0 saturated carbocycles. The molecule has 1 amide bonds. The maximum atomic E-state index is 13.4. The predicted octanol–water partition coefficient (Wildman–Crippen LogP) is 2.58. The van der Waals surface area contributed by atoms with Crippen LogP contribution < -0.4 is 9.80 Å². The summed E-state index contributed by atoms with van der Waals surface area (Å²) in [5, 5.41) is 9.09. The second kappa shape index (κ2) is 10.3. The van der Waals surface area contributed by atoms with Gasteiger partial charge in [-0.15, -0.1) is 0 Å². The minimum Gasteiger partial charge on any atom is -0.395 e. The molecule has 1 aliphatic heterocycles. The van der Waals surface area contributed by atoms with Gasteiger partial charge in [-0.25, -0.2) is 9.37 Å². The van der Waals surface area contributed by atoms with Gasteiger partial charge in [0.1, 0.15) is 11.6 Å². The zero-order valence-corrected chi connectivity index (χ0v) is 17.8. The summed E-state index contributed by atoms with van der Waals surface area (Å²) in [5.41, 5.74) is 1.93. The first-order valence-electron chi connectivity index (χ1n) is 10.6. The number of aliphatic hydroxyl groups is 1. The van der Waals surface area contributed by atoms with Gasteiger partial charge in [0.15, 0.2) is 0 Å². The number of carbonyl (C=O) groups excluding carboxylic acids is 1. The van der Waals surface area contributed by atoms with Gasteiger partial charge in [0.05, 0.1) is 18.7 Å². The van der Waals surface area contributed by atoms with Crippen molar-refractivity contribution in [1.29, 1.82) is 0 Å². The predicted molar refractivity (Wildman–Crippen MR) is 121 cm³/mol. The fraction of sp³-hybridized carbons (Fsp3) is 0.292. The van der Waals surface area contributed by atoms with Crippen LogP contribution in [0, 0.1) is 5.82 Å². The van der Waals surface area contributed by atoms with E-state index < -0.39 is 0 Å². The first kappa shape index (κ1) is 21.9. The smallest absolute Gasteiger partial charge is 0.260 e. The van der Waals surface area contributed by atoms with Gasteiger partial charge in [-0.3, -0.25) is 14.7 Å². The van der Waals surface area contributed by atoms with Gasteiger partial charge in [-0.2, -0.15) is 0 Å². The number of anilines is 2. The third-order valence-corrected chi connectivity index (χ3v) is 5.55. The molecule has 0 bridgehead atoms. The average Bonchev–Trinajstić information content (AvgIpc) is 2.84. The van der Waals surface area contributed by atoms with Crippen LogP contribution in [0.15, 0.2) is 67.1 Å². The van der Waals surface area contributed by atoms with Crippen molar-refractivity contribution in [2.24, 2.45) is 0 Å². The molecule has 7 nitrogen and oxygen atoms in total. The van der Waals surface area contributed by atoms with Crippen LogP contribution in [0.2, 0.25) is 0 Å². The number of β-amino-alcohol motifs (C(OH)–C–C–N with tert-alkyl or cyclic N) is 1. The molecule has 1 N–H and O–H groups in total. The van der Waals surface area contributed by atoms with E-state index in [1.165, 1.54) is 18.3 Å². The summed E-state index contributed by atoms with van der Waals surface area (Å²) < 4.78 is 13.4. The molecular formula is C24H26FN5O2. The van der Waals surface area contributed by atoms with Crippen molar-refractivity contribution in [2.45, 2.75) is 6.54 Å². The maximum absolute atomic E-state index is 13.4. The van der Waals surface area contributed by atoms with Crippen LogP contribution in [-0.2, 0) is 6.54 Å². The first-order valence-corrected chi connectivity index (χ1v) is 10.6. The molecule has 4 rings (SSSR count). The molecule has 32 heavy (non-hydrogen) atoms. The summed E-state index contributed by atoms with van der Waals surface area (Å²) >= 11 is 0. The molecule has 0 unspecified atom stereocenters. The molecule has 166 valence electrons. The van der Waals surface area contributed by atoms with E-state index in [4.69, 9.17) is 5.11 Å². The highest BCUT2D eigenvalue weighted by molar-refractivity contribution is 6.05. The lowest BCUT2D eigenvalue weighted by Crippen LogP contribution is -2.47. The highest BCUT2D eigenvalue weighted by atomic mass is 19.1. The number of pyridine rings is 2. The van der Waals surface area contributed by atoms with Crippen molar-refractivity contribution < 1.29 is 14.3 Å². The molecule has 1 aliphatic rings. The molecule has 3 heterocycles. The van der Waals surface area contributed by atoms with Crippen molar-refractivity contribution in [3.8, 4) is 0 Å². The van der Waals surface area contributed by atoms with Gasteiger partial charge in [-0.1, -0.05) is 6.07 Å². The lowest BCUT2D eigenvalue weighted by atomic mass is 10.1. The van der Waals surface area contributed by atoms with Crippen molar-refractivity contribution in [3.05, 3.63) is 84.1 Å². The molecule has 1 fully saturated rings. The van der Waals surface area contributed by atoms with E-state index in [-0.39, 0.29) is 18.3 Å². The molecule has 3 aromatic rings. The van der Waals surface area contributed by atoms with E-state index in [0.29, 0.717) is 24.3 Å². The molecule has 0 spiro atoms. The van der Waals surface area contributed by atoms with Crippen LogP contribution in [0.5, 0.6) is 0 Å². The number of halogens is 1. The van der Waals surface area contributed by atoms with E-state index >= 15 is 0 Å². The standard InChI is InChI=1S/C24H26FN5O2/c25-21-4-6-22(7-5-21)30(24(32)20-2-1-9-26-17-20)18-19-3-8-23(27-16-19)29-12-10-28(11-13-29)14-15-31/h1-9,16-17,31H,10-15,18H2. The number of rotatable bonds is 7. The van der Waals surface area contributed by atoms with Crippen LogP contribution in [0.1, 0.15) is 15.9 Å². The summed E-state index contributed by atoms with van der Waals surface area (Å²) in [4.78, 5) is 27.9. The Morgan fingerprint density at radius 1 is 1.03 bits per heavy atom. The fourth-order valence-electron chi connectivity index (χ4n) is 3.77. The second-order valence-electron chi connectivity index (χ2n) is 7.69. The Bertz CT molecular complexity index is 1010. The Hall–Kier alpha value is -3.36. The fourth-order valence-corrected chi connectivity index (χ4v) is 3.77. The van der Waals surface area contributed by atoms with E-state index in [9.17, 15) is 9.18 Å². The Morgan fingerprint density at radius 2 is 1.81 bits per heavy atom. The summed E-state index contributed by atoms with van der Waals surface area (Å²) in [7, 11) is 0. The lowest BCUT2D eigenvalue weighted by Gasteiger charge is -2.35. The number of aromatic nitrogens is 2. The quantitative estimate of drug-likeness (QED) is 0.615. The molecule has 1 saturated heterocycles. The number of benzene rings is 1. The van der Waals surface area contributed by atoms with E-state index in [0.717, 1.165) is 37.6 Å². The molecule has 0 atom stereocenters. The second-order valence-corrected chi connectivity index (χ2v) is 7.69. The Balaban J connectivity index is 1.50. The molecule has 8 heteroatoms. The molecule has 2 aromatic heterocycles. The summed E-state index contributed by atoms with van der Waals surface area (Å²) in [5.74, 6) is 0.325. The van der Waals surface area contributed by atoms with Crippen molar-refractivity contribution in [2.75, 3.05) is 49.1 Å². The minimum atomic E-state index is -0.354. The van der Waals surface area contributed by atoms with Crippen molar-refractivity contribution >= 4 is 17.4 Å². The van der Waals surface area contributed by atoms with Crippen LogP contribution in [0.3, 0.4) is 0 Å². The molecule has 0 aliphatic carbocycles. The first-order chi connectivity index (χ1) is 15.6. The van der Waals surface area contributed by atoms with Crippen LogP contribution >= 0.6 is 0 Å². The number of hydrogen-bond acceptors (Lipinski definition) is 6. The number of aliphatic hydroxyl groups excluding tert-OH is 1. The summed E-state index contributed by atoms with van der Waals surface area (Å²) in [6, 6.07) is 13.2. The van der Waals surface area contributed by atoms with Crippen molar-refractivity contribution in [1.82, 2.24) is 14.9 Å². The minimum absolute atomic E-state index is 0.176. The van der Waals surface area contributed by atoms with Gasteiger partial charge in [0.25, 0.3) is 5.91 Å². The SMILES string of the molecule is O=C(c1cccnc1)N(Cc1ccc(N2CCN(CCO)CC2)nc1)c1ccc(F)cc1. The Labute approximate surface area is 186 Å². The van der Waals surface area contributed by atoms with Crippen LogP contribution in [-0.4, -0.2) is 65.2 Å². The van der Waals surface area contributed by atoms with E-state index in [1.54, 1.807) is 41.6 Å². The number of amides is 1. The Kier molecular flexibility index (Phi) is 7.03. The highest BCUT2D eigenvalue weighted by Gasteiger charge is 2.20.